The fourth-order valence-electron chi connectivity index (χ4n) is 3.82. The van der Waals surface area contributed by atoms with Crippen molar-refractivity contribution in [3.05, 3.63) is 29.8 Å². The zero-order chi connectivity index (χ0) is 18.6. The van der Waals surface area contributed by atoms with Crippen molar-refractivity contribution in [2.75, 3.05) is 13.1 Å². The summed E-state index contributed by atoms with van der Waals surface area (Å²) in [6.07, 6.45) is 6.92. The predicted molar refractivity (Wildman–Crippen MR) is 97.7 cm³/mol. The minimum atomic E-state index is -3.69. The minimum Gasteiger partial charge on any atom is -0.353 e. The van der Waals surface area contributed by atoms with Crippen molar-refractivity contribution in [1.29, 1.82) is 5.26 Å². The number of carbonyl (C=O) groups excluding carboxylic acids is 1. The fourth-order valence-corrected chi connectivity index (χ4v) is 5.39. The van der Waals surface area contributed by atoms with Crippen molar-refractivity contribution in [1.82, 2.24) is 9.62 Å². The van der Waals surface area contributed by atoms with Crippen LogP contribution in [-0.4, -0.2) is 37.8 Å². The summed E-state index contributed by atoms with van der Waals surface area (Å²) in [7, 11) is -3.69. The van der Waals surface area contributed by atoms with Gasteiger partial charge in [-0.3, -0.25) is 4.79 Å². The molecule has 0 radical (unpaired) electrons. The largest absolute Gasteiger partial charge is 0.353 e. The highest BCUT2D eigenvalue weighted by Crippen LogP contribution is 2.25. The number of nitrogens with zero attached hydrogens (tertiary/aromatic N) is 2. The summed E-state index contributed by atoms with van der Waals surface area (Å²) < 4.78 is 27.2. The number of hydrogen-bond donors (Lipinski definition) is 1. The number of rotatable bonds is 4. The minimum absolute atomic E-state index is 0.0254. The van der Waals surface area contributed by atoms with E-state index in [2.05, 4.69) is 5.32 Å². The quantitative estimate of drug-likeness (QED) is 0.875. The molecule has 0 bridgehead atoms. The molecule has 3 rings (SSSR count). The molecule has 0 spiro atoms. The van der Waals surface area contributed by atoms with Gasteiger partial charge in [0.05, 0.1) is 22.4 Å². The molecule has 6 nitrogen and oxygen atoms in total. The number of piperidine rings is 1. The van der Waals surface area contributed by atoms with Crippen LogP contribution in [-0.2, 0) is 14.8 Å². The second-order valence-electron chi connectivity index (χ2n) is 7.19. The van der Waals surface area contributed by atoms with Crippen LogP contribution >= 0.6 is 0 Å². The van der Waals surface area contributed by atoms with Gasteiger partial charge in [-0.1, -0.05) is 25.3 Å². The van der Waals surface area contributed by atoms with Crippen LogP contribution in [0.3, 0.4) is 0 Å². The molecular formula is C19H25N3O3S. The number of amides is 1. The molecule has 26 heavy (non-hydrogen) atoms. The molecular weight excluding hydrogens is 350 g/mol. The highest BCUT2D eigenvalue weighted by atomic mass is 32.2. The van der Waals surface area contributed by atoms with Gasteiger partial charge in [-0.2, -0.15) is 9.57 Å². The highest BCUT2D eigenvalue weighted by Gasteiger charge is 2.34. The lowest BCUT2D eigenvalue weighted by Gasteiger charge is -2.32. The van der Waals surface area contributed by atoms with E-state index in [1.165, 1.54) is 22.9 Å². The molecule has 1 aliphatic carbocycles. The Hall–Kier alpha value is -1.91. The van der Waals surface area contributed by atoms with Crippen LogP contribution in [0.5, 0.6) is 0 Å². The molecule has 7 heteroatoms. The number of sulfonamides is 1. The van der Waals surface area contributed by atoms with E-state index >= 15 is 0 Å². The number of nitriles is 1. The molecule has 0 aromatic heterocycles. The normalized spacial score (nSPS) is 22.5. The summed E-state index contributed by atoms with van der Waals surface area (Å²) in [6.45, 7) is 0.615. The van der Waals surface area contributed by atoms with E-state index in [1.807, 2.05) is 6.07 Å². The van der Waals surface area contributed by atoms with Crippen molar-refractivity contribution < 1.29 is 13.2 Å². The van der Waals surface area contributed by atoms with E-state index < -0.39 is 10.0 Å². The van der Waals surface area contributed by atoms with Gasteiger partial charge in [0.2, 0.25) is 15.9 Å². The maximum absolute atomic E-state index is 12.9. The number of nitrogens with one attached hydrogen (secondary N) is 1. The Morgan fingerprint density at radius 2 is 1.92 bits per heavy atom. The first kappa shape index (κ1) is 18.9. The third-order valence-corrected chi connectivity index (χ3v) is 7.17. The first-order chi connectivity index (χ1) is 12.5. The molecule has 1 aliphatic heterocycles. The smallest absolute Gasteiger partial charge is 0.243 e. The summed E-state index contributed by atoms with van der Waals surface area (Å²) in [5.74, 6) is -0.331. The second-order valence-corrected chi connectivity index (χ2v) is 9.12. The lowest BCUT2D eigenvalue weighted by atomic mass is 9.93. The van der Waals surface area contributed by atoms with Crippen LogP contribution in [0.25, 0.3) is 0 Å². The third-order valence-electron chi connectivity index (χ3n) is 5.31. The van der Waals surface area contributed by atoms with Gasteiger partial charge in [0, 0.05) is 19.1 Å². The molecule has 2 aliphatic rings. The van der Waals surface area contributed by atoms with Gasteiger partial charge in [-0.05, 0) is 43.9 Å². The van der Waals surface area contributed by atoms with Crippen LogP contribution in [0, 0.1) is 17.2 Å². The van der Waals surface area contributed by atoms with E-state index in [0.29, 0.717) is 24.9 Å². The van der Waals surface area contributed by atoms with Crippen LogP contribution < -0.4 is 5.32 Å². The van der Waals surface area contributed by atoms with Gasteiger partial charge in [-0.15, -0.1) is 0 Å². The number of carbonyl (C=O) groups is 1. The average Bonchev–Trinajstić information content (AvgIpc) is 2.69. The Bertz CT molecular complexity index is 794. The second kappa shape index (κ2) is 8.19. The van der Waals surface area contributed by atoms with Gasteiger partial charge in [0.15, 0.2) is 0 Å². The molecule has 1 aromatic rings. The molecule has 1 saturated carbocycles. The van der Waals surface area contributed by atoms with Crippen LogP contribution in [0.15, 0.2) is 29.2 Å². The molecule has 1 unspecified atom stereocenters. The summed E-state index contributed by atoms with van der Waals surface area (Å²) in [4.78, 5) is 12.7. The van der Waals surface area contributed by atoms with E-state index in [-0.39, 0.29) is 29.3 Å². The predicted octanol–water partition coefficient (Wildman–Crippen LogP) is 2.41. The molecule has 1 aromatic carbocycles. The van der Waals surface area contributed by atoms with Gasteiger partial charge >= 0.3 is 0 Å². The molecule has 1 N–H and O–H groups in total. The maximum atomic E-state index is 12.9. The highest BCUT2D eigenvalue weighted by molar-refractivity contribution is 7.89. The van der Waals surface area contributed by atoms with Crippen LogP contribution in [0.4, 0.5) is 0 Å². The van der Waals surface area contributed by atoms with Gasteiger partial charge in [0.25, 0.3) is 0 Å². The zero-order valence-corrected chi connectivity index (χ0v) is 15.7. The van der Waals surface area contributed by atoms with Gasteiger partial charge in [-0.25, -0.2) is 8.42 Å². The van der Waals surface area contributed by atoms with Gasteiger partial charge < -0.3 is 5.32 Å². The SMILES string of the molecule is N#Cc1cccc(S(=O)(=O)N2CCCC(C(=O)NC3CCCCC3)C2)c1. The molecule has 140 valence electrons. The number of hydrogen-bond acceptors (Lipinski definition) is 4. The third kappa shape index (κ3) is 4.25. The van der Waals surface area contributed by atoms with Crippen molar-refractivity contribution in [3.63, 3.8) is 0 Å². The van der Waals surface area contributed by atoms with Crippen molar-refractivity contribution in [3.8, 4) is 6.07 Å². The fraction of sp³-hybridized carbons (Fsp3) is 0.579. The molecule has 1 atom stereocenters. The van der Waals surface area contributed by atoms with E-state index in [0.717, 1.165) is 25.7 Å². The zero-order valence-electron chi connectivity index (χ0n) is 14.9. The van der Waals surface area contributed by atoms with Crippen molar-refractivity contribution in [2.45, 2.75) is 55.9 Å². The summed E-state index contributed by atoms with van der Waals surface area (Å²) >= 11 is 0. The Morgan fingerprint density at radius 3 is 2.65 bits per heavy atom. The number of benzene rings is 1. The van der Waals surface area contributed by atoms with Crippen molar-refractivity contribution in [2.24, 2.45) is 5.92 Å². The molecule has 1 saturated heterocycles. The first-order valence-electron chi connectivity index (χ1n) is 9.31. The Balaban J connectivity index is 1.68. The molecule has 2 fully saturated rings. The van der Waals surface area contributed by atoms with E-state index in [4.69, 9.17) is 5.26 Å². The average molecular weight is 375 g/mol. The van der Waals surface area contributed by atoms with Gasteiger partial charge in [0.1, 0.15) is 0 Å². The van der Waals surface area contributed by atoms with Crippen LogP contribution in [0.2, 0.25) is 0 Å². The van der Waals surface area contributed by atoms with E-state index in [9.17, 15) is 13.2 Å². The van der Waals surface area contributed by atoms with Crippen LogP contribution in [0.1, 0.15) is 50.5 Å². The summed E-state index contributed by atoms with van der Waals surface area (Å²) in [6, 6.07) is 8.24. The standard InChI is InChI=1S/C19H25N3O3S/c20-13-15-6-4-10-18(12-15)26(24,25)22-11-5-7-16(14-22)19(23)21-17-8-2-1-3-9-17/h4,6,10,12,16-17H,1-3,5,7-9,11,14H2,(H,21,23). The Labute approximate surface area is 155 Å². The molecule has 1 heterocycles. The Morgan fingerprint density at radius 1 is 1.15 bits per heavy atom. The Kier molecular flexibility index (Phi) is 5.94. The lowest BCUT2D eigenvalue weighted by Crippen LogP contribution is -2.47. The topological polar surface area (TPSA) is 90.3 Å². The monoisotopic (exact) mass is 375 g/mol. The first-order valence-corrected chi connectivity index (χ1v) is 10.8. The lowest BCUT2D eigenvalue weighted by molar-refractivity contribution is -0.127. The van der Waals surface area contributed by atoms with Crippen molar-refractivity contribution >= 4 is 15.9 Å². The van der Waals surface area contributed by atoms with E-state index in [1.54, 1.807) is 12.1 Å². The summed E-state index contributed by atoms with van der Waals surface area (Å²) in [5, 5.41) is 12.1. The molecule has 1 amide bonds. The maximum Gasteiger partial charge on any atom is 0.243 e. The summed E-state index contributed by atoms with van der Waals surface area (Å²) in [5.41, 5.74) is 0.315.